The molecule has 1 N–H and O–H groups in total. The third-order valence-electron chi connectivity index (χ3n) is 3.98. The molecule has 0 saturated heterocycles. The van der Waals surface area contributed by atoms with Gasteiger partial charge in [-0.2, -0.15) is 5.10 Å². The van der Waals surface area contributed by atoms with Crippen LogP contribution in [-0.2, 0) is 0 Å². The molecule has 0 spiro atoms. The molecule has 3 rings (SSSR count). The van der Waals surface area contributed by atoms with E-state index in [1.807, 2.05) is 31.1 Å². The number of carbonyl (C=O) groups excluding carboxylic acids is 1. The van der Waals surface area contributed by atoms with E-state index in [1.165, 1.54) is 0 Å². The number of hydrogen-bond donors (Lipinski definition) is 1. The van der Waals surface area contributed by atoms with Gasteiger partial charge in [-0.3, -0.25) is 9.80 Å². The first-order chi connectivity index (χ1) is 11.4. The lowest BCUT2D eigenvalue weighted by Gasteiger charge is -2.11. The topological polar surface area (TPSA) is 83.6 Å². The predicted molar refractivity (Wildman–Crippen MR) is 90.8 cm³/mol. The minimum Gasteiger partial charge on any atom is -0.460 e. The largest absolute Gasteiger partial charge is 0.460 e. The van der Waals surface area contributed by atoms with Gasteiger partial charge in [0.15, 0.2) is 5.76 Å². The third kappa shape index (κ3) is 3.45. The first-order valence-corrected chi connectivity index (χ1v) is 7.92. The van der Waals surface area contributed by atoms with Crippen molar-refractivity contribution in [3.63, 3.8) is 0 Å². The normalized spacial score (nSPS) is 17.1. The number of amides is 1. The Balaban J connectivity index is 1.73. The van der Waals surface area contributed by atoms with E-state index in [0.717, 1.165) is 17.9 Å². The molecule has 2 aromatic rings. The van der Waals surface area contributed by atoms with Crippen LogP contribution in [0.2, 0.25) is 0 Å². The van der Waals surface area contributed by atoms with Crippen molar-refractivity contribution in [1.82, 2.24) is 20.3 Å². The average molecular weight is 327 g/mol. The van der Waals surface area contributed by atoms with Gasteiger partial charge in [0.1, 0.15) is 23.0 Å². The fourth-order valence-corrected chi connectivity index (χ4v) is 2.60. The number of nitrogens with zero attached hydrogens (tertiary/aromatic N) is 4. The second-order valence-electron chi connectivity index (χ2n) is 6.07. The SMILES string of the molecule is Cc1nc(C(=O)NCC2=NN(C)C(C)C2)cc(-c2ccc(C)o2)n1. The number of aryl methyl sites for hydroxylation is 2. The molecule has 0 aliphatic carbocycles. The molecule has 1 unspecified atom stereocenters. The van der Waals surface area contributed by atoms with Crippen LogP contribution in [0.15, 0.2) is 27.7 Å². The highest BCUT2D eigenvalue weighted by Gasteiger charge is 2.20. The van der Waals surface area contributed by atoms with Gasteiger partial charge in [-0.1, -0.05) is 0 Å². The van der Waals surface area contributed by atoms with Crippen LogP contribution in [0.25, 0.3) is 11.5 Å². The molecular weight excluding hydrogens is 306 g/mol. The van der Waals surface area contributed by atoms with Crippen LogP contribution in [0.1, 0.15) is 35.4 Å². The molecule has 0 aromatic carbocycles. The molecular formula is C17H21N5O2. The Hall–Kier alpha value is -2.70. The van der Waals surface area contributed by atoms with Gasteiger partial charge in [-0.25, -0.2) is 9.97 Å². The van der Waals surface area contributed by atoms with Gasteiger partial charge < -0.3 is 9.73 Å². The molecule has 2 aromatic heterocycles. The van der Waals surface area contributed by atoms with Crippen LogP contribution in [0.5, 0.6) is 0 Å². The van der Waals surface area contributed by atoms with Crippen LogP contribution in [0, 0.1) is 13.8 Å². The summed E-state index contributed by atoms with van der Waals surface area (Å²) in [5.41, 5.74) is 1.89. The van der Waals surface area contributed by atoms with Crippen LogP contribution >= 0.6 is 0 Å². The Morgan fingerprint density at radius 1 is 1.38 bits per heavy atom. The molecule has 1 atom stereocenters. The summed E-state index contributed by atoms with van der Waals surface area (Å²) in [6.45, 7) is 6.15. The van der Waals surface area contributed by atoms with Gasteiger partial charge in [0.2, 0.25) is 0 Å². The summed E-state index contributed by atoms with van der Waals surface area (Å²) in [4.78, 5) is 21.0. The van der Waals surface area contributed by atoms with Crippen molar-refractivity contribution in [3.8, 4) is 11.5 Å². The van der Waals surface area contributed by atoms with E-state index in [4.69, 9.17) is 4.42 Å². The van der Waals surface area contributed by atoms with E-state index in [9.17, 15) is 4.79 Å². The fourth-order valence-electron chi connectivity index (χ4n) is 2.60. The summed E-state index contributed by atoms with van der Waals surface area (Å²) in [5, 5.41) is 9.19. The van der Waals surface area contributed by atoms with E-state index < -0.39 is 0 Å². The van der Waals surface area contributed by atoms with E-state index in [1.54, 1.807) is 13.0 Å². The summed E-state index contributed by atoms with van der Waals surface area (Å²) >= 11 is 0. The van der Waals surface area contributed by atoms with Crippen LogP contribution in [0.4, 0.5) is 0 Å². The van der Waals surface area contributed by atoms with Crippen molar-refractivity contribution in [2.45, 2.75) is 33.2 Å². The second kappa shape index (κ2) is 6.43. The van der Waals surface area contributed by atoms with Crippen LogP contribution in [0.3, 0.4) is 0 Å². The van der Waals surface area contributed by atoms with Crippen molar-refractivity contribution >= 4 is 11.6 Å². The van der Waals surface area contributed by atoms with E-state index >= 15 is 0 Å². The highest BCUT2D eigenvalue weighted by atomic mass is 16.3. The highest BCUT2D eigenvalue weighted by molar-refractivity contribution is 5.97. The Kier molecular flexibility index (Phi) is 4.33. The van der Waals surface area contributed by atoms with E-state index in [0.29, 0.717) is 35.6 Å². The highest BCUT2D eigenvalue weighted by Crippen LogP contribution is 2.20. The quantitative estimate of drug-likeness (QED) is 0.930. The zero-order chi connectivity index (χ0) is 17.3. The molecule has 7 nitrogen and oxygen atoms in total. The summed E-state index contributed by atoms with van der Waals surface area (Å²) in [6.07, 6.45) is 0.858. The lowest BCUT2D eigenvalue weighted by Crippen LogP contribution is -2.30. The average Bonchev–Trinajstić information content (AvgIpc) is 3.10. The van der Waals surface area contributed by atoms with Crippen molar-refractivity contribution in [2.24, 2.45) is 5.10 Å². The van der Waals surface area contributed by atoms with Crippen LogP contribution in [-0.4, -0.2) is 46.2 Å². The molecule has 1 aliphatic heterocycles. The minimum atomic E-state index is -0.241. The molecule has 0 bridgehead atoms. The maximum atomic E-state index is 12.4. The maximum absolute atomic E-state index is 12.4. The number of rotatable bonds is 4. The van der Waals surface area contributed by atoms with Gasteiger partial charge in [-0.05, 0) is 39.0 Å². The minimum absolute atomic E-state index is 0.241. The fraction of sp³-hybridized carbons (Fsp3) is 0.412. The standard InChI is InChI=1S/C17H21N5O2/c1-10-7-13(21-22(10)4)9-18-17(23)15-8-14(19-12(3)20-15)16-6-5-11(2)24-16/h5-6,8,10H,7,9H2,1-4H3,(H,18,23). The number of nitrogens with one attached hydrogen (secondary N) is 1. The Bertz CT molecular complexity index is 796. The summed E-state index contributed by atoms with van der Waals surface area (Å²) in [5.74, 6) is 1.71. The number of furan rings is 1. The van der Waals surface area contributed by atoms with Gasteiger partial charge in [0, 0.05) is 19.5 Å². The lowest BCUT2D eigenvalue weighted by atomic mass is 10.2. The molecule has 3 heterocycles. The van der Waals surface area contributed by atoms with E-state index in [2.05, 4.69) is 27.3 Å². The number of carbonyl (C=O) groups is 1. The molecule has 126 valence electrons. The monoisotopic (exact) mass is 327 g/mol. The van der Waals surface area contributed by atoms with Crippen molar-refractivity contribution in [1.29, 1.82) is 0 Å². The Labute approximate surface area is 140 Å². The Morgan fingerprint density at radius 2 is 2.17 bits per heavy atom. The first kappa shape index (κ1) is 16.2. The smallest absolute Gasteiger partial charge is 0.270 e. The molecule has 0 fully saturated rings. The molecule has 1 amide bonds. The third-order valence-corrected chi connectivity index (χ3v) is 3.98. The van der Waals surface area contributed by atoms with Gasteiger partial charge >= 0.3 is 0 Å². The lowest BCUT2D eigenvalue weighted by molar-refractivity contribution is 0.0954. The molecule has 0 saturated carbocycles. The van der Waals surface area contributed by atoms with E-state index in [-0.39, 0.29) is 5.91 Å². The number of aromatic nitrogens is 2. The zero-order valence-corrected chi connectivity index (χ0v) is 14.3. The number of hydrogen-bond acceptors (Lipinski definition) is 6. The molecule has 24 heavy (non-hydrogen) atoms. The van der Waals surface area contributed by atoms with Crippen molar-refractivity contribution in [2.75, 3.05) is 13.6 Å². The predicted octanol–water partition coefficient (Wildman–Crippen LogP) is 2.16. The van der Waals surface area contributed by atoms with Gasteiger partial charge in [0.05, 0.1) is 12.3 Å². The maximum Gasteiger partial charge on any atom is 0.270 e. The second-order valence-corrected chi connectivity index (χ2v) is 6.07. The van der Waals surface area contributed by atoms with Crippen molar-refractivity contribution in [3.05, 3.63) is 35.5 Å². The zero-order valence-electron chi connectivity index (χ0n) is 14.3. The summed E-state index contributed by atoms with van der Waals surface area (Å²) in [7, 11) is 1.94. The summed E-state index contributed by atoms with van der Waals surface area (Å²) < 4.78 is 5.58. The molecule has 0 radical (unpaired) electrons. The van der Waals surface area contributed by atoms with Gasteiger partial charge in [-0.15, -0.1) is 0 Å². The molecule has 7 heteroatoms. The molecule has 1 aliphatic rings. The van der Waals surface area contributed by atoms with Gasteiger partial charge in [0.25, 0.3) is 5.91 Å². The first-order valence-electron chi connectivity index (χ1n) is 7.92. The number of hydrazone groups is 1. The van der Waals surface area contributed by atoms with Crippen LogP contribution < -0.4 is 5.32 Å². The Morgan fingerprint density at radius 3 is 2.79 bits per heavy atom. The van der Waals surface area contributed by atoms with Crippen molar-refractivity contribution < 1.29 is 9.21 Å². The summed E-state index contributed by atoms with van der Waals surface area (Å²) in [6, 6.07) is 5.71.